The van der Waals surface area contributed by atoms with Gasteiger partial charge in [-0.25, -0.2) is 0 Å². The Kier molecular flexibility index (Phi) is 4.21. The first-order valence-corrected chi connectivity index (χ1v) is 5.42. The van der Waals surface area contributed by atoms with Gasteiger partial charge in [0.2, 0.25) is 0 Å². The normalized spacial score (nSPS) is 9.65. The van der Waals surface area contributed by atoms with E-state index in [9.17, 15) is 9.59 Å². The van der Waals surface area contributed by atoms with E-state index in [0.29, 0.717) is 0 Å². The maximum absolute atomic E-state index is 11.3. The number of nitrogens with zero attached hydrogens (tertiary/aromatic N) is 1. The monoisotopic (exact) mass is 231 g/mol. The summed E-state index contributed by atoms with van der Waals surface area (Å²) >= 11 is 0. The van der Waals surface area contributed by atoms with Crippen molar-refractivity contribution >= 4 is 23.3 Å². The van der Waals surface area contributed by atoms with Gasteiger partial charge in [-0.1, -0.05) is 12.1 Å². The van der Waals surface area contributed by atoms with Crippen molar-refractivity contribution in [2.24, 2.45) is 0 Å². The van der Waals surface area contributed by atoms with E-state index in [1.54, 1.807) is 6.08 Å². The van der Waals surface area contributed by atoms with Crippen LogP contribution in [0.1, 0.15) is 19.4 Å². The van der Waals surface area contributed by atoms with Crippen LogP contribution < -0.4 is 4.90 Å². The third kappa shape index (κ3) is 3.55. The van der Waals surface area contributed by atoms with Gasteiger partial charge in [0, 0.05) is 19.8 Å². The van der Waals surface area contributed by atoms with Gasteiger partial charge < -0.3 is 4.90 Å². The minimum Gasteiger partial charge on any atom is -0.378 e. The van der Waals surface area contributed by atoms with Crippen LogP contribution in [0.2, 0.25) is 0 Å². The second-order valence-corrected chi connectivity index (χ2v) is 4.16. The predicted octanol–water partition coefficient (Wildman–Crippen LogP) is 2.31. The summed E-state index contributed by atoms with van der Waals surface area (Å²) in [5.74, 6) is -0.400. The molecule has 0 radical (unpaired) electrons. The molecule has 0 saturated heterocycles. The Hall–Kier alpha value is -1.90. The molecule has 0 aliphatic carbocycles. The Bertz CT molecular complexity index is 440. The number of carbonyl (C=O) groups is 2. The molecule has 1 aromatic rings. The summed E-state index contributed by atoms with van der Waals surface area (Å²) < 4.78 is 0. The summed E-state index contributed by atoms with van der Waals surface area (Å²) in [5, 5.41) is 0. The predicted molar refractivity (Wildman–Crippen MR) is 70.1 cm³/mol. The Balaban J connectivity index is 3.05. The summed E-state index contributed by atoms with van der Waals surface area (Å²) in [4.78, 5) is 24.5. The second kappa shape index (κ2) is 5.43. The van der Waals surface area contributed by atoms with E-state index >= 15 is 0 Å². The molecule has 3 nitrogen and oxygen atoms in total. The van der Waals surface area contributed by atoms with E-state index in [1.807, 2.05) is 43.3 Å². The van der Waals surface area contributed by atoms with Crippen LogP contribution in [-0.2, 0) is 9.59 Å². The van der Waals surface area contributed by atoms with E-state index < -0.39 is 0 Å². The molecular formula is C14H17NO2. The van der Waals surface area contributed by atoms with Crippen molar-refractivity contribution in [2.45, 2.75) is 13.8 Å². The van der Waals surface area contributed by atoms with Crippen LogP contribution >= 0.6 is 0 Å². The first-order valence-electron chi connectivity index (χ1n) is 5.42. The van der Waals surface area contributed by atoms with Crippen molar-refractivity contribution in [3.05, 3.63) is 35.4 Å². The fourth-order valence-corrected chi connectivity index (χ4v) is 1.49. The van der Waals surface area contributed by atoms with E-state index in [-0.39, 0.29) is 17.1 Å². The van der Waals surface area contributed by atoms with Crippen molar-refractivity contribution in [1.29, 1.82) is 0 Å². The van der Waals surface area contributed by atoms with E-state index in [4.69, 9.17) is 0 Å². The van der Waals surface area contributed by atoms with Crippen molar-refractivity contribution in [2.75, 3.05) is 19.0 Å². The molecule has 90 valence electrons. The molecule has 0 aliphatic rings. The molecule has 0 heterocycles. The average Bonchev–Trinajstić information content (AvgIpc) is 2.25. The number of hydrogen-bond acceptors (Lipinski definition) is 3. The van der Waals surface area contributed by atoms with Crippen LogP contribution in [0.25, 0.3) is 6.08 Å². The Morgan fingerprint density at radius 3 is 1.82 bits per heavy atom. The van der Waals surface area contributed by atoms with Gasteiger partial charge in [-0.05, 0) is 37.6 Å². The van der Waals surface area contributed by atoms with Crippen LogP contribution in [0.5, 0.6) is 0 Å². The van der Waals surface area contributed by atoms with Crippen molar-refractivity contribution < 1.29 is 9.59 Å². The van der Waals surface area contributed by atoms with E-state index in [0.717, 1.165) is 11.3 Å². The number of hydrogen-bond donors (Lipinski definition) is 0. The Labute approximate surface area is 102 Å². The molecule has 0 atom stereocenters. The van der Waals surface area contributed by atoms with Crippen LogP contribution in [0.4, 0.5) is 5.69 Å². The van der Waals surface area contributed by atoms with Crippen molar-refractivity contribution in [1.82, 2.24) is 0 Å². The highest BCUT2D eigenvalue weighted by Crippen LogP contribution is 2.15. The zero-order valence-corrected chi connectivity index (χ0v) is 10.7. The lowest BCUT2D eigenvalue weighted by molar-refractivity contribution is -0.119. The minimum atomic E-state index is -0.200. The number of Topliss-reactive ketones (excluding diaryl/α,β-unsaturated/α-hetero) is 2. The topological polar surface area (TPSA) is 37.4 Å². The van der Waals surface area contributed by atoms with Gasteiger partial charge in [-0.15, -0.1) is 0 Å². The number of rotatable bonds is 4. The number of anilines is 1. The van der Waals surface area contributed by atoms with Gasteiger partial charge in [0.05, 0.1) is 5.57 Å². The molecule has 0 bridgehead atoms. The quantitative estimate of drug-likeness (QED) is 0.453. The van der Waals surface area contributed by atoms with Crippen molar-refractivity contribution in [3.8, 4) is 0 Å². The molecule has 1 aromatic carbocycles. The lowest BCUT2D eigenvalue weighted by Crippen LogP contribution is -2.08. The fourth-order valence-electron chi connectivity index (χ4n) is 1.49. The van der Waals surface area contributed by atoms with Crippen molar-refractivity contribution in [3.63, 3.8) is 0 Å². The summed E-state index contributed by atoms with van der Waals surface area (Å²) in [6.07, 6.45) is 1.63. The lowest BCUT2D eigenvalue weighted by atomic mass is 10.0. The molecule has 0 spiro atoms. The summed E-state index contributed by atoms with van der Waals surface area (Å²) in [6.45, 7) is 2.81. The molecule has 0 fully saturated rings. The highest BCUT2D eigenvalue weighted by atomic mass is 16.1. The van der Waals surface area contributed by atoms with E-state index in [1.165, 1.54) is 13.8 Å². The smallest absolute Gasteiger partial charge is 0.163 e. The fraction of sp³-hybridized carbons (Fsp3) is 0.286. The van der Waals surface area contributed by atoms with Gasteiger partial charge in [0.1, 0.15) is 0 Å². The highest BCUT2D eigenvalue weighted by Gasteiger charge is 2.09. The van der Waals surface area contributed by atoms with Crippen LogP contribution in [0, 0.1) is 0 Å². The van der Waals surface area contributed by atoms with Gasteiger partial charge in [-0.2, -0.15) is 0 Å². The second-order valence-electron chi connectivity index (χ2n) is 4.16. The van der Waals surface area contributed by atoms with Gasteiger partial charge >= 0.3 is 0 Å². The lowest BCUT2D eigenvalue weighted by Gasteiger charge is -2.12. The zero-order chi connectivity index (χ0) is 13.0. The first-order chi connectivity index (χ1) is 7.91. The molecule has 0 saturated carbocycles. The van der Waals surface area contributed by atoms with Gasteiger partial charge in [0.25, 0.3) is 0 Å². The first kappa shape index (κ1) is 13.2. The summed E-state index contributed by atoms with van der Waals surface area (Å²) in [5.41, 5.74) is 2.17. The molecule has 17 heavy (non-hydrogen) atoms. The maximum atomic E-state index is 11.3. The maximum Gasteiger partial charge on any atom is 0.163 e. The Morgan fingerprint density at radius 2 is 1.47 bits per heavy atom. The van der Waals surface area contributed by atoms with Crippen LogP contribution in [-0.4, -0.2) is 25.7 Å². The van der Waals surface area contributed by atoms with Gasteiger partial charge in [-0.3, -0.25) is 9.59 Å². The number of ketones is 2. The molecular weight excluding hydrogens is 214 g/mol. The van der Waals surface area contributed by atoms with Crippen LogP contribution in [0.3, 0.4) is 0 Å². The SMILES string of the molecule is CC(=O)C(=Cc1ccc(N(C)C)cc1)C(C)=O. The third-order valence-electron chi connectivity index (χ3n) is 2.48. The number of benzene rings is 1. The molecule has 0 aromatic heterocycles. The molecule has 0 amide bonds. The van der Waals surface area contributed by atoms with Crippen LogP contribution in [0.15, 0.2) is 29.8 Å². The standard InChI is InChI=1S/C14H17NO2/c1-10(16)14(11(2)17)9-12-5-7-13(8-6-12)15(3)4/h5-9H,1-4H3. The summed E-state index contributed by atoms with van der Waals surface area (Å²) in [6, 6.07) is 7.68. The van der Waals surface area contributed by atoms with Gasteiger partial charge in [0.15, 0.2) is 11.6 Å². The molecule has 0 unspecified atom stereocenters. The summed E-state index contributed by atoms with van der Waals surface area (Å²) in [7, 11) is 3.92. The molecule has 0 aliphatic heterocycles. The number of allylic oxidation sites excluding steroid dienone is 1. The third-order valence-corrected chi connectivity index (χ3v) is 2.48. The highest BCUT2D eigenvalue weighted by molar-refractivity contribution is 6.21. The molecule has 0 N–H and O–H groups in total. The number of carbonyl (C=O) groups excluding carboxylic acids is 2. The largest absolute Gasteiger partial charge is 0.378 e. The Morgan fingerprint density at radius 1 is 1.00 bits per heavy atom. The van der Waals surface area contributed by atoms with E-state index in [2.05, 4.69) is 0 Å². The molecule has 1 rings (SSSR count). The average molecular weight is 231 g/mol. The molecule has 3 heteroatoms. The zero-order valence-electron chi connectivity index (χ0n) is 10.7. The minimum absolute atomic E-state index is 0.200.